The number of hydrogen-bond acceptors (Lipinski definition) is 4. The number of unbranched alkanes of at least 4 members (excludes halogenated alkanes) is 2. The van der Waals surface area contributed by atoms with Crippen LogP contribution in [0.25, 0.3) is 0 Å². The third-order valence-electron chi connectivity index (χ3n) is 7.07. The lowest BCUT2D eigenvalue weighted by molar-refractivity contribution is 0.294. The van der Waals surface area contributed by atoms with Gasteiger partial charge in [0.15, 0.2) is 0 Å². The van der Waals surface area contributed by atoms with Crippen LogP contribution in [0.1, 0.15) is 84.3 Å². The van der Waals surface area contributed by atoms with Crippen molar-refractivity contribution >= 4 is 17.1 Å². The number of nitrogens with zero attached hydrogens (tertiary/aromatic N) is 4. The van der Waals surface area contributed by atoms with Crippen LogP contribution in [0.5, 0.6) is 0 Å². The second-order valence-corrected chi connectivity index (χ2v) is 10.2. The summed E-state index contributed by atoms with van der Waals surface area (Å²) in [5, 5.41) is 0. The molecule has 2 aromatic carbocycles. The summed E-state index contributed by atoms with van der Waals surface area (Å²) >= 11 is 0. The van der Waals surface area contributed by atoms with E-state index >= 15 is 0 Å². The van der Waals surface area contributed by atoms with E-state index in [9.17, 15) is 0 Å². The van der Waals surface area contributed by atoms with Crippen LogP contribution in [-0.2, 0) is 0 Å². The van der Waals surface area contributed by atoms with Gasteiger partial charge in [-0.05, 0) is 76.5 Å². The summed E-state index contributed by atoms with van der Waals surface area (Å²) in [7, 11) is 4.17. The van der Waals surface area contributed by atoms with Crippen LogP contribution in [0.2, 0.25) is 0 Å². The van der Waals surface area contributed by atoms with Gasteiger partial charge in [0.25, 0.3) is 0 Å². The lowest BCUT2D eigenvalue weighted by atomic mass is 10.0. The molecule has 0 heterocycles. The van der Waals surface area contributed by atoms with Gasteiger partial charge in [-0.2, -0.15) is 0 Å². The first-order chi connectivity index (χ1) is 17.4. The third-order valence-corrected chi connectivity index (χ3v) is 7.07. The predicted octanol–water partition coefficient (Wildman–Crippen LogP) is 7.51. The largest absolute Gasteiger partial charge is 0.378 e. The molecule has 1 atom stereocenters. The molecular formula is C32H52N4. The van der Waals surface area contributed by atoms with Gasteiger partial charge in [0.2, 0.25) is 0 Å². The molecule has 2 aromatic rings. The van der Waals surface area contributed by atoms with E-state index in [0.717, 1.165) is 44.9 Å². The van der Waals surface area contributed by atoms with E-state index in [1.807, 2.05) is 0 Å². The van der Waals surface area contributed by atoms with E-state index in [1.54, 1.807) is 0 Å². The Hall–Kier alpha value is -2.33. The molecule has 4 heteroatoms. The van der Waals surface area contributed by atoms with Crippen LogP contribution in [0.4, 0.5) is 11.4 Å². The van der Waals surface area contributed by atoms with Gasteiger partial charge < -0.3 is 14.7 Å². The van der Waals surface area contributed by atoms with Crippen molar-refractivity contribution in [2.24, 2.45) is 4.99 Å². The third kappa shape index (κ3) is 9.61. The van der Waals surface area contributed by atoms with E-state index in [0.29, 0.717) is 0 Å². The Labute approximate surface area is 222 Å². The van der Waals surface area contributed by atoms with Crippen molar-refractivity contribution in [3.8, 4) is 0 Å². The monoisotopic (exact) mass is 492 g/mol. The quantitative estimate of drug-likeness (QED) is 0.213. The highest BCUT2D eigenvalue weighted by Crippen LogP contribution is 2.22. The molecule has 2 rings (SSSR count). The maximum Gasteiger partial charge on any atom is 0.0722 e. The minimum atomic E-state index is 0.286. The van der Waals surface area contributed by atoms with E-state index in [2.05, 4.69) is 112 Å². The smallest absolute Gasteiger partial charge is 0.0722 e. The van der Waals surface area contributed by atoms with E-state index in [4.69, 9.17) is 4.99 Å². The zero-order chi connectivity index (χ0) is 26.3. The molecule has 36 heavy (non-hydrogen) atoms. The summed E-state index contributed by atoms with van der Waals surface area (Å²) in [5.74, 6) is 0. The van der Waals surface area contributed by atoms with Crippen molar-refractivity contribution in [2.45, 2.75) is 79.2 Å². The summed E-state index contributed by atoms with van der Waals surface area (Å²) in [6.07, 6.45) is 7.22. The Morgan fingerprint density at radius 1 is 0.694 bits per heavy atom. The predicted molar refractivity (Wildman–Crippen MR) is 161 cm³/mol. The maximum atomic E-state index is 5.28. The van der Waals surface area contributed by atoms with Crippen LogP contribution in [0, 0.1) is 0 Å². The van der Waals surface area contributed by atoms with Gasteiger partial charge in [-0.25, -0.2) is 0 Å². The van der Waals surface area contributed by atoms with Crippen LogP contribution in [0.15, 0.2) is 53.5 Å². The molecule has 0 fully saturated rings. The molecular weight excluding hydrogens is 440 g/mol. The summed E-state index contributed by atoms with van der Waals surface area (Å²) in [5.41, 5.74) is 6.05. The van der Waals surface area contributed by atoms with Gasteiger partial charge in [0.1, 0.15) is 0 Å². The van der Waals surface area contributed by atoms with Crippen molar-refractivity contribution in [3.05, 3.63) is 59.7 Å². The van der Waals surface area contributed by atoms with Gasteiger partial charge in [-0.3, -0.25) is 4.99 Å². The van der Waals surface area contributed by atoms with Crippen LogP contribution >= 0.6 is 0 Å². The lowest BCUT2D eigenvalue weighted by Gasteiger charge is -2.25. The Kier molecular flexibility index (Phi) is 13.6. The Morgan fingerprint density at radius 3 is 1.64 bits per heavy atom. The highest BCUT2D eigenvalue weighted by Gasteiger charge is 2.13. The van der Waals surface area contributed by atoms with Crippen molar-refractivity contribution in [2.75, 3.05) is 56.6 Å². The van der Waals surface area contributed by atoms with E-state index < -0.39 is 0 Å². The fraction of sp³-hybridized carbons (Fsp3) is 0.594. The summed E-state index contributed by atoms with van der Waals surface area (Å²) < 4.78 is 0. The molecule has 200 valence electrons. The Bertz CT molecular complexity index is 858. The SMILES string of the molecule is CCCCN(CCCC)c1ccc(C(=N[C@@H](C)CCCN(CC)CC)c2ccc(N(C)C)cc2)cc1. The number of rotatable bonds is 17. The first-order valence-corrected chi connectivity index (χ1v) is 14.4. The molecule has 0 spiro atoms. The molecule has 0 aliphatic rings. The van der Waals surface area contributed by atoms with Crippen LogP contribution in [0.3, 0.4) is 0 Å². The summed E-state index contributed by atoms with van der Waals surface area (Å²) in [6, 6.07) is 18.3. The van der Waals surface area contributed by atoms with Gasteiger partial charge in [-0.15, -0.1) is 0 Å². The standard InChI is InChI=1S/C32H52N4/c1-8-12-25-36(26-13-9-2)31-22-18-29(19-23-31)32(28-16-20-30(21-17-28)34(6)7)33-27(5)15-14-24-35(10-3)11-4/h16-23,27H,8-15,24-26H2,1-7H3/t27-/m0/s1. The molecule has 0 saturated carbocycles. The second-order valence-electron chi connectivity index (χ2n) is 10.2. The maximum absolute atomic E-state index is 5.28. The molecule has 0 aliphatic heterocycles. The van der Waals surface area contributed by atoms with Crippen molar-refractivity contribution in [3.63, 3.8) is 0 Å². The van der Waals surface area contributed by atoms with Gasteiger partial charge >= 0.3 is 0 Å². The molecule has 0 unspecified atom stereocenters. The molecule has 0 aliphatic carbocycles. The molecule has 0 bridgehead atoms. The lowest BCUT2D eigenvalue weighted by Crippen LogP contribution is -2.25. The number of aliphatic imine (C=N–C) groups is 1. The van der Waals surface area contributed by atoms with Gasteiger partial charge in [-0.1, -0.05) is 64.8 Å². The molecule has 0 amide bonds. The molecule has 0 radical (unpaired) electrons. The molecule has 4 nitrogen and oxygen atoms in total. The topological polar surface area (TPSA) is 22.1 Å². The fourth-order valence-electron chi connectivity index (χ4n) is 4.57. The summed E-state index contributed by atoms with van der Waals surface area (Å²) in [6.45, 7) is 17.0. The van der Waals surface area contributed by atoms with Crippen molar-refractivity contribution in [1.29, 1.82) is 0 Å². The average Bonchev–Trinajstić information content (AvgIpc) is 2.90. The van der Waals surface area contributed by atoms with Gasteiger partial charge in [0.05, 0.1) is 5.71 Å². The van der Waals surface area contributed by atoms with Crippen LogP contribution < -0.4 is 9.80 Å². The molecule has 0 aromatic heterocycles. The Balaban J connectivity index is 2.30. The Morgan fingerprint density at radius 2 is 1.19 bits per heavy atom. The second kappa shape index (κ2) is 16.4. The zero-order valence-corrected chi connectivity index (χ0v) is 24.3. The minimum absolute atomic E-state index is 0.286. The normalized spacial score (nSPS) is 12.7. The number of hydrogen-bond donors (Lipinski definition) is 0. The fourth-order valence-corrected chi connectivity index (χ4v) is 4.57. The highest BCUT2D eigenvalue weighted by atomic mass is 15.1. The van der Waals surface area contributed by atoms with E-state index in [1.165, 1.54) is 54.6 Å². The number of anilines is 2. The molecule has 0 N–H and O–H groups in total. The first-order valence-electron chi connectivity index (χ1n) is 14.4. The van der Waals surface area contributed by atoms with E-state index in [-0.39, 0.29) is 6.04 Å². The zero-order valence-electron chi connectivity index (χ0n) is 24.3. The average molecular weight is 493 g/mol. The minimum Gasteiger partial charge on any atom is -0.378 e. The molecule has 0 saturated heterocycles. The van der Waals surface area contributed by atoms with Crippen LogP contribution in [-0.4, -0.2) is 63.5 Å². The first kappa shape index (κ1) is 29.9. The highest BCUT2D eigenvalue weighted by molar-refractivity contribution is 6.13. The van der Waals surface area contributed by atoms with Crippen molar-refractivity contribution < 1.29 is 0 Å². The van der Waals surface area contributed by atoms with Crippen molar-refractivity contribution in [1.82, 2.24) is 4.90 Å². The number of benzene rings is 2. The summed E-state index contributed by atoms with van der Waals surface area (Å²) in [4.78, 5) is 12.5. The van der Waals surface area contributed by atoms with Gasteiger partial charge in [0, 0.05) is 55.7 Å².